The fourth-order valence-corrected chi connectivity index (χ4v) is 2.05. The van der Waals surface area contributed by atoms with E-state index in [9.17, 15) is 18.4 Å². The highest BCUT2D eigenvalue weighted by Crippen LogP contribution is 2.22. The van der Waals surface area contributed by atoms with Gasteiger partial charge in [-0.3, -0.25) is 9.59 Å². The fraction of sp³-hybridized carbons (Fsp3) is 0.176. The number of benzene rings is 2. The van der Waals surface area contributed by atoms with Crippen molar-refractivity contribution in [3.63, 3.8) is 0 Å². The lowest BCUT2D eigenvalue weighted by atomic mass is 9.91. The third-order valence-electron chi connectivity index (χ3n) is 3.20. The largest absolute Gasteiger partial charge is 0.294 e. The number of halogens is 2. The summed E-state index contributed by atoms with van der Waals surface area (Å²) in [6.07, 6.45) is -3.36. The van der Waals surface area contributed by atoms with Gasteiger partial charge in [0.1, 0.15) is 0 Å². The Bertz CT molecular complexity index is 609. The highest BCUT2D eigenvalue weighted by atomic mass is 19.3. The van der Waals surface area contributed by atoms with E-state index >= 15 is 0 Å². The van der Waals surface area contributed by atoms with Crippen LogP contribution < -0.4 is 0 Å². The number of carbonyl (C=O) groups is 2. The van der Waals surface area contributed by atoms with E-state index in [1.165, 1.54) is 12.1 Å². The average molecular weight is 288 g/mol. The van der Waals surface area contributed by atoms with E-state index < -0.39 is 30.3 Å². The molecule has 21 heavy (non-hydrogen) atoms. The molecule has 0 heterocycles. The van der Waals surface area contributed by atoms with Gasteiger partial charge < -0.3 is 0 Å². The van der Waals surface area contributed by atoms with Crippen LogP contribution in [0.1, 0.15) is 27.1 Å². The predicted molar refractivity (Wildman–Crippen MR) is 75.7 cm³/mol. The molecule has 0 aromatic heterocycles. The van der Waals surface area contributed by atoms with Crippen molar-refractivity contribution in [2.75, 3.05) is 0 Å². The summed E-state index contributed by atoms with van der Waals surface area (Å²) in [4.78, 5) is 24.1. The third kappa shape index (κ3) is 3.81. The van der Waals surface area contributed by atoms with Crippen molar-refractivity contribution in [1.29, 1.82) is 0 Å². The maximum Gasteiger partial charge on any atom is 0.249 e. The third-order valence-corrected chi connectivity index (χ3v) is 3.20. The summed E-state index contributed by atoms with van der Waals surface area (Å²) in [5, 5.41) is 0. The normalized spacial score (nSPS) is 12.1. The van der Waals surface area contributed by atoms with Crippen LogP contribution in [0.15, 0.2) is 60.7 Å². The molecule has 0 aliphatic carbocycles. The van der Waals surface area contributed by atoms with Gasteiger partial charge in [0.05, 0.1) is 5.92 Å². The van der Waals surface area contributed by atoms with Crippen LogP contribution in [0, 0.1) is 5.92 Å². The SMILES string of the molecule is O=C(CC(C(=O)c1ccccc1)C(F)F)c1ccccc1. The van der Waals surface area contributed by atoms with Gasteiger partial charge in [-0.25, -0.2) is 8.78 Å². The molecule has 0 aliphatic heterocycles. The number of alkyl halides is 2. The van der Waals surface area contributed by atoms with Gasteiger partial charge >= 0.3 is 0 Å². The maximum absolute atomic E-state index is 13.1. The van der Waals surface area contributed by atoms with Crippen molar-refractivity contribution < 1.29 is 18.4 Å². The lowest BCUT2D eigenvalue weighted by Crippen LogP contribution is -2.25. The zero-order valence-corrected chi connectivity index (χ0v) is 11.2. The minimum absolute atomic E-state index is 0.198. The van der Waals surface area contributed by atoms with Crippen LogP contribution in [-0.4, -0.2) is 18.0 Å². The van der Waals surface area contributed by atoms with E-state index in [2.05, 4.69) is 0 Å². The van der Waals surface area contributed by atoms with E-state index in [-0.39, 0.29) is 5.56 Å². The topological polar surface area (TPSA) is 34.1 Å². The Balaban J connectivity index is 2.17. The monoisotopic (exact) mass is 288 g/mol. The smallest absolute Gasteiger partial charge is 0.249 e. The van der Waals surface area contributed by atoms with E-state index in [1.54, 1.807) is 48.5 Å². The van der Waals surface area contributed by atoms with Gasteiger partial charge in [0.2, 0.25) is 6.43 Å². The van der Waals surface area contributed by atoms with Crippen LogP contribution in [0.3, 0.4) is 0 Å². The van der Waals surface area contributed by atoms with Crippen molar-refractivity contribution in [2.24, 2.45) is 5.92 Å². The van der Waals surface area contributed by atoms with E-state index in [0.717, 1.165) is 0 Å². The predicted octanol–water partition coefficient (Wildman–Crippen LogP) is 4.02. The highest BCUT2D eigenvalue weighted by Gasteiger charge is 2.31. The fourth-order valence-electron chi connectivity index (χ4n) is 2.05. The molecule has 0 radical (unpaired) electrons. The van der Waals surface area contributed by atoms with Crippen LogP contribution in [0.5, 0.6) is 0 Å². The van der Waals surface area contributed by atoms with Gasteiger partial charge in [-0.05, 0) is 0 Å². The number of rotatable bonds is 6. The van der Waals surface area contributed by atoms with Gasteiger partial charge in [0.15, 0.2) is 11.6 Å². The second kappa shape index (κ2) is 6.88. The molecule has 108 valence electrons. The van der Waals surface area contributed by atoms with Crippen molar-refractivity contribution >= 4 is 11.6 Å². The molecule has 0 saturated heterocycles. The first-order valence-corrected chi connectivity index (χ1v) is 6.55. The Morgan fingerprint density at radius 1 is 0.810 bits per heavy atom. The molecule has 0 saturated carbocycles. The van der Waals surface area contributed by atoms with Gasteiger partial charge in [-0.2, -0.15) is 0 Å². The van der Waals surface area contributed by atoms with Gasteiger partial charge in [0.25, 0.3) is 0 Å². The molecule has 2 rings (SSSR count). The van der Waals surface area contributed by atoms with Crippen LogP contribution in [0.25, 0.3) is 0 Å². The van der Waals surface area contributed by atoms with Crippen LogP contribution in [0.4, 0.5) is 8.78 Å². The molecule has 0 N–H and O–H groups in total. The molecule has 0 aliphatic rings. The Hall–Kier alpha value is -2.36. The van der Waals surface area contributed by atoms with Gasteiger partial charge in [0, 0.05) is 17.5 Å². The minimum Gasteiger partial charge on any atom is -0.294 e. The first-order chi connectivity index (χ1) is 10.1. The number of hydrogen-bond donors (Lipinski definition) is 0. The summed E-state index contributed by atoms with van der Waals surface area (Å²) in [7, 11) is 0. The van der Waals surface area contributed by atoms with Crippen LogP contribution in [-0.2, 0) is 0 Å². The molecule has 2 aromatic carbocycles. The highest BCUT2D eigenvalue weighted by molar-refractivity contribution is 6.03. The Labute approximate surface area is 121 Å². The number of Topliss-reactive ketones (excluding diaryl/α,β-unsaturated/α-hetero) is 2. The lowest BCUT2D eigenvalue weighted by molar-refractivity contribution is 0.0504. The van der Waals surface area contributed by atoms with Crippen molar-refractivity contribution in [1.82, 2.24) is 0 Å². The standard InChI is InChI=1S/C17H14F2O2/c18-17(19)14(16(21)13-9-5-2-6-10-13)11-15(20)12-7-3-1-4-8-12/h1-10,14,17H,11H2. The summed E-state index contributed by atoms with van der Waals surface area (Å²) < 4.78 is 26.3. The molecule has 0 bridgehead atoms. The van der Waals surface area contributed by atoms with Crippen LogP contribution >= 0.6 is 0 Å². The summed E-state index contributed by atoms with van der Waals surface area (Å²) in [5.74, 6) is -2.76. The Morgan fingerprint density at radius 2 is 1.29 bits per heavy atom. The summed E-state index contributed by atoms with van der Waals surface area (Å²) in [6.45, 7) is 0. The summed E-state index contributed by atoms with van der Waals surface area (Å²) in [5.41, 5.74) is 0.535. The van der Waals surface area contributed by atoms with Crippen molar-refractivity contribution in [2.45, 2.75) is 12.8 Å². The maximum atomic E-state index is 13.1. The lowest BCUT2D eigenvalue weighted by Gasteiger charge is -2.14. The molecule has 2 nitrogen and oxygen atoms in total. The minimum atomic E-state index is -2.87. The van der Waals surface area contributed by atoms with Crippen molar-refractivity contribution in [3.8, 4) is 0 Å². The Morgan fingerprint density at radius 3 is 1.76 bits per heavy atom. The van der Waals surface area contributed by atoms with E-state index in [1.807, 2.05) is 0 Å². The van der Waals surface area contributed by atoms with Crippen molar-refractivity contribution in [3.05, 3.63) is 71.8 Å². The first-order valence-electron chi connectivity index (χ1n) is 6.55. The number of ketones is 2. The first kappa shape index (κ1) is 15.0. The molecule has 0 fully saturated rings. The number of hydrogen-bond acceptors (Lipinski definition) is 2. The second-order valence-corrected chi connectivity index (χ2v) is 4.66. The average Bonchev–Trinajstić information content (AvgIpc) is 2.53. The van der Waals surface area contributed by atoms with Crippen LogP contribution in [0.2, 0.25) is 0 Å². The molecule has 0 spiro atoms. The van der Waals surface area contributed by atoms with Gasteiger partial charge in [-0.1, -0.05) is 60.7 Å². The molecule has 0 amide bonds. The number of carbonyl (C=O) groups excluding carboxylic acids is 2. The molecule has 1 atom stereocenters. The van der Waals surface area contributed by atoms with Gasteiger partial charge in [-0.15, -0.1) is 0 Å². The molecular weight excluding hydrogens is 274 g/mol. The molecule has 1 unspecified atom stereocenters. The second-order valence-electron chi connectivity index (χ2n) is 4.66. The molecular formula is C17H14F2O2. The molecule has 2 aromatic rings. The quantitative estimate of drug-likeness (QED) is 0.752. The Kier molecular flexibility index (Phi) is 4.93. The summed E-state index contributed by atoms with van der Waals surface area (Å²) in [6, 6.07) is 16.0. The van der Waals surface area contributed by atoms with E-state index in [4.69, 9.17) is 0 Å². The van der Waals surface area contributed by atoms with E-state index in [0.29, 0.717) is 5.56 Å². The molecule has 4 heteroatoms. The summed E-state index contributed by atoms with van der Waals surface area (Å²) >= 11 is 0. The zero-order valence-electron chi connectivity index (χ0n) is 11.2. The zero-order chi connectivity index (χ0) is 15.2.